The lowest BCUT2D eigenvalue weighted by Crippen LogP contribution is -2.05. The molecule has 0 spiro atoms. The second-order valence-corrected chi connectivity index (χ2v) is 2.30. The Labute approximate surface area is 78.0 Å². The van der Waals surface area contributed by atoms with E-state index in [1.807, 2.05) is 0 Å². The average Bonchev–Trinajstić information content (AvgIpc) is 2.13. The smallest absolute Gasteiger partial charge is 0.310 e. The summed E-state index contributed by atoms with van der Waals surface area (Å²) < 4.78 is 4.70. The van der Waals surface area contributed by atoms with Crippen LogP contribution in [0, 0.1) is 0 Å². The van der Waals surface area contributed by atoms with E-state index in [2.05, 4.69) is 13.2 Å². The quantitative estimate of drug-likeness (QED) is 0.402. The minimum atomic E-state index is -0.384. The number of ether oxygens (including phenoxy) is 1. The maximum Gasteiger partial charge on any atom is 0.310 e. The molecule has 0 saturated carbocycles. The minimum Gasteiger partial charge on any atom is -0.508 e. The Kier molecular flexibility index (Phi) is 5.35. The normalized spacial score (nSPS) is 11.5. The van der Waals surface area contributed by atoms with Crippen LogP contribution < -0.4 is 0 Å². The van der Waals surface area contributed by atoms with Crippen molar-refractivity contribution in [3.05, 3.63) is 36.6 Å². The number of aliphatic hydroxyl groups excluding tert-OH is 1. The van der Waals surface area contributed by atoms with Crippen LogP contribution in [-0.2, 0) is 9.53 Å². The van der Waals surface area contributed by atoms with Crippen LogP contribution in [0.25, 0.3) is 0 Å². The molecular formula is C10H14O3. The molecule has 72 valence electrons. The van der Waals surface area contributed by atoms with Gasteiger partial charge in [-0.15, -0.1) is 0 Å². The molecule has 0 aromatic carbocycles. The van der Waals surface area contributed by atoms with Gasteiger partial charge < -0.3 is 9.84 Å². The Hall–Kier alpha value is -1.51. The summed E-state index contributed by atoms with van der Waals surface area (Å²) in [6.07, 6.45) is 2.69. The molecule has 0 atom stereocenters. The maximum absolute atomic E-state index is 11.0. The van der Waals surface area contributed by atoms with E-state index in [1.165, 1.54) is 12.2 Å². The van der Waals surface area contributed by atoms with Gasteiger partial charge in [-0.25, -0.2) is 0 Å². The minimum absolute atomic E-state index is 0.0230. The highest BCUT2D eigenvalue weighted by Crippen LogP contribution is 2.09. The van der Waals surface area contributed by atoms with Gasteiger partial charge in [-0.05, 0) is 13.0 Å². The summed E-state index contributed by atoms with van der Waals surface area (Å²) in [5, 5.41) is 9.22. The van der Waals surface area contributed by atoms with Crippen molar-refractivity contribution >= 4 is 5.97 Å². The van der Waals surface area contributed by atoms with Gasteiger partial charge in [0.25, 0.3) is 0 Å². The third-order valence-corrected chi connectivity index (χ3v) is 1.41. The first kappa shape index (κ1) is 11.5. The second kappa shape index (κ2) is 6.06. The molecule has 0 radical (unpaired) electrons. The van der Waals surface area contributed by atoms with Crippen LogP contribution in [0.3, 0.4) is 0 Å². The monoisotopic (exact) mass is 182 g/mol. The molecule has 0 amide bonds. The molecule has 3 nitrogen and oxygen atoms in total. The predicted molar refractivity (Wildman–Crippen MR) is 51.3 cm³/mol. The van der Waals surface area contributed by atoms with E-state index in [4.69, 9.17) is 4.74 Å². The topological polar surface area (TPSA) is 46.5 Å². The van der Waals surface area contributed by atoms with Crippen LogP contribution in [-0.4, -0.2) is 17.7 Å². The fourth-order valence-corrected chi connectivity index (χ4v) is 0.766. The predicted octanol–water partition coefficient (Wildman–Crippen LogP) is 2.12. The third kappa shape index (κ3) is 4.15. The van der Waals surface area contributed by atoms with Crippen molar-refractivity contribution in [1.82, 2.24) is 0 Å². The summed E-state index contributed by atoms with van der Waals surface area (Å²) in [5.41, 5.74) is 0.424. The van der Waals surface area contributed by atoms with Gasteiger partial charge in [0, 0.05) is 5.57 Å². The van der Waals surface area contributed by atoms with Gasteiger partial charge >= 0.3 is 5.97 Å². The van der Waals surface area contributed by atoms with Crippen molar-refractivity contribution in [1.29, 1.82) is 0 Å². The standard InChI is InChI=1S/C10H14O3/c1-4-8(9(11)5-2)7-10(12)13-6-3/h4-5,11H,1-2,6-7H2,3H3/b9-8-. The number of carbonyl (C=O) groups is 1. The van der Waals surface area contributed by atoms with Crippen LogP contribution in [0.5, 0.6) is 0 Å². The van der Waals surface area contributed by atoms with Gasteiger partial charge in [-0.3, -0.25) is 4.79 Å². The number of esters is 1. The molecule has 0 rings (SSSR count). The molecule has 0 bridgehead atoms. The lowest BCUT2D eigenvalue weighted by atomic mass is 10.1. The Morgan fingerprint density at radius 3 is 2.46 bits per heavy atom. The van der Waals surface area contributed by atoms with Crippen molar-refractivity contribution in [2.45, 2.75) is 13.3 Å². The number of hydrogen-bond donors (Lipinski definition) is 1. The van der Waals surface area contributed by atoms with Gasteiger partial charge in [0.15, 0.2) is 0 Å². The Morgan fingerprint density at radius 1 is 1.46 bits per heavy atom. The molecule has 0 aromatic rings. The number of carbonyl (C=O) groups excluding carboxylic acids is 1. The zero-order valence-electron chi connectivity index (χ0n) is 7.75. The van der Waals surface area contributed by atoms with E-state index in [0.29, 0.717) is 12.2 Å². The van der Waals surface area contributed by atoms with Gasteiger partial charge in [-0.1, -0.05) is 19.2 Å². The fourth-order valence-electron chi connectivity index (χ4n) is 0.766. The van der Waals surface area contributed by atoms with Gasteiger partial charge in [-0.2, -0.15) is 0 Å². The van der Waals surface area contributed by atoms with Crippen molar-refractivity contribution in [2.24, 2.45) is 0 Å². The van der Waals surface area contributed by atoms with Crippen molar-refractivity contribution in [2.75, 3.05) is 6.61 Å². The summed E-state index contributed by atoms with van der Waals surface area (Å²) in [4.78, 5) is 11.0. The number of rotatable bonds is 5. The van der Waals surface area contributed by atoms with Gasteiger partial charge in [0.05, 0.1) is 13.0 Å². The fraction of sp³-hybridized carbons (Fsp3) is 0.300. The van der Waals surface area contributed by atoms with Crippen molar-refractivity contribution < 1.29 is 14.6 Å². The molecule has 1 N–H and O–H groups in total. The molecule has 0 aromatic heterocycles. The molecule has 0 heterocycles. The molecule has 0 unspecified atom stereocenters. The highest BCUT2D eigenvalue weighted by molar-refractivity contribution is 5.73. The van der Waals surface area contributed by atoms with Crippen LogP contribution in [0.15, 0.2) is 36.6 Å². The molecule has 0 saturated heterocycles. The van der Waals surface area contributed by atoms with Crippen LogP contribution in [0.1, 0.15) is 13.3 Å². The SMILES string of the molecule is C=C/C(O)=C(\C=C)CC(=O)OCC. The molecule has 0 aliphatic carbocycles. The summed E-state index contributed by atoms with van der Waals surface area (Å²) in [7, 11) is 0. The van der Waals surface area contributed by atoms with Crippen LogP contribution >= 0.6 is 0 Å². The number of aliphatic hydroxyl groups is 1. The first-order chi connectivity index (χ1) is 6.15. The highest BCUT2D eigenvalue weighted by Gasteiger charge is 2.06. The molecule has 0 aliphatic rings. The number of hydrogen-bond acceptors (Lipinski definition) is 3. The maximum atomic E-state index is 11.0. The zero-order chi connectivity index (χ0) is 10.3. The highest BCUT2D eigenvalue weighted by atomic mass is 16.5. The first-order valence-electron chi connectivity index (χ1n) is 3.98. The summed E-state index contributed by atoms with van der Waals surface area (Å²) in [6, 6.07) is 0. The first-order valence-corrected chi connectivity index (χ1v) is 3.98. The number of allylic oxidation sites excluding steroid dienone is 2. The molecule has 0 fully saturated rings. The Balaban J connectivity index is 4.38. The lowest BCUT2D eigenvalue weighted by molar-refractivity contribution is -0.142. The molecule has 3 heteroatoms. The van der Waals surface area contributed by atoms with E-state index >= 15 is 0 Å². The zero-order valence-corrected chi connectivity index (χ0v) is 7.75. The van der Waals surface area contributed by atoms with Gasteiger partial charge in [0.1, 0.15) is 5.76 Å². The van der Waals surface area contributed by atoms with Crippen molar-refractivity contribution in [3.8, 4) is 0 Å². The van der Waals surface area contributed by atoms with E-state index < -0.39 is 0 Å². The van der Waals surface area contributed by atoms with E-state index in [0.717, 1.165) is 0 Å². The molecule has 0 aliphatic heterocycles. The summed E-state index contributed by atoms with van der Waals surface area (Å²) in [5.74, 6) is -0.422. The molecule has 13 heavy (non-hydrogen) atoms. The largest absolute Gasteiger partial charge is 0.508 e. The Bertz CT molecular complexity index is 239. The van der Waals surface area contributed by atoms with Gasteiger partial charge in [0.2, 0.25) is 0 Å². The van der Waals surface area contributed by atoms with Crippen LogP contribution in [0.4, 0.5) is 0 Å². The summed E-state index contributed by atoms with van der Waals surface area (Å²) in [6.45, 7) is 8.90. The second-order valence-electron chi connectivity index (χ2n) is 2.30. The van der Waals surface area contributed by atoms with Crippen LogP contribution in [0.2, 0.25) is 0 Å². The lowest BCUT2D eigenvalue weighted by Gasteiger charge is -2.03. The Morgan fingerprint density at radius 2 is 2.08 bits per heavy atom. The molecular weight excluding hydrogens is 168 g/mol. The van der Waals surface area contributed by atoms with E-state index in [-0.39, 0.29) is 18.1 Å². The summed E-state index contributed by atoms with van der Waals surface area (Å²) >= 11 is 0. The average molecular weight is 182 g/mol. The third-order valence-electron chi connectivity index (χ3n) is 1.41. The van der Waals surface area contributed by atoms with Crippen molar-refractivity contribution in [3.63, 3.8) is 0 Å². The van der Waals surface area contributed by atoms with E-state index in [1.54, 1.807) is 6.92 Å². The van der Waals surface area contributed by atoms with E-state index in [9.17, 15) is 9.90 Å².